The minimum absolute atomic E-state index is 0.0565. The van der Waals surface area contributed by atoms with Crippen molar-refractivity contribution in [3.05, 3.63) is 59.1 Å². The van der Waals surface area contributed by atoms with E-state index in [9.17, 15) is 13.2 Å². The minimum atomic E-state index is -3.50. The normalized spacial score (nSPS) is 20.0. The van der Waals surface area contributed by atoms with Crippen molar-refractivity contribution in [1.82, 2.24) is 9.21 Å². The highest BCUT2D eigenvalue weighted by molar-refractivity contribution is 7.88. The molecule has 0 aromatic heterocycles. The summed E-state index contributed by atoms with van der Waals surface area (Å²) in [4.78, 5) is 17.3. The van der Waals surface area contributed by atoms with Gasteiger partial charge in [-0.25, -0.2) is 12.7 Å². The number of benzene rings is 2. The van der Waals surface area contributed by atoms with E-state index in [2.05, 4.69) is 4.90 Å². The Morgan fingerprint density at radius 1 is 1.03 bits per heavy atom. The zero-order chi connectivity index (χ0) is 23.4. The molecule has 1 atom stereocenters. The summed E-state index contributed by atoms with van der Waals surface area (Å²) in [5.74, 6) is 0.506. The standard InChI is InChI=1S/C24H30ClN3O4S/c1-32-23-7-3-2-6-22(23)26-13-15-27(16-14-26)24(29)20-5-4-12-28(17-20)33(30,31)18-19-8-10-21(25)11-9-19/h2-3,6-11,20H,4-5,12-18H2,1H3. The quantitative estimate of drug-likeness (QED) is 0.620. The summed E-state index contributed by atoms with van der Waals surface area (Å²) in [6.45, 7) is 3.38. The molecule has 33 heavy (non-hydrogen) atoms. The molecule has 1 amide bonds. The van der Waals surface area contributed by atoms with Gasteiger partial charge in [-0.2, -0.15) is 0 Å². The summed E-state index contributed by atoms with van der Waals surface area (Å²) < 4.78 is 32.9. The number of nitrogens with zero attached hydrogens (tertiary/aromatic N) is 3. The van der Waals surface area contributed by atoms with E-state index in [-0.39, 0.29) is 24.1 Å². The van der Waals surface area contributed by atoms with E-state index >= 15 is 0 Å². The molecular weight excluding hydrogens is 462 g/mol. The van der Waals surface area contributed by atoms with Crippen molar-refractivity contribution in [2.75, 3.05) is 51.3 Å². The Labute approximate surface area is 200 Å². The maximum atomic E-state index is 13.2. The van der Waals surface area contributed by atoms with Crippen LogP contribution in [0.4, 0.5) is 5.69 Å². The zero-order valence-corrected chi connectivity index (χ0v) is 20.4. The highest BCUT2D eigenvalue weighted by Gasteiger charge is 2.35. The number of piperazine rings is 1. The lowest BCUT2D eigenvalue weighted by Gasteiger charge is -2.39. The molecule has 2 aliphatic heterocycles. The molecule has 2 aromatic rings. The summed E-state index contributed by atoms with van der Waals surface area (Å²) in [6, 6.07) is 14.7. The minimum Gasteiger partial charge on any atom is -0.495 e. The number of halogens is 1. The molecule has 0 radical (unpaired) electrons. The number of hydrogen-bond donors (Lipinski definition) is 0. The van der Waals surface area contributed by atoms with Crippen LogP contribution in [-0.2, 0) is 20.6 Å². The third kappa shape index (κ3) is 5.62. The molecule has 178 valence electrons. The van der Waals surface area contributed by atoms with Gasteiger partial charge in [0.05, 0.1) is 24.5 Å². The Kier molecular flexibility index (Phi) is 7.46. The van der Waals surface area contributed by atoms with Gasteiger partial charge in [0, 0.05) is 44.3 Å². The van der Waals surface area contributed by atoms with E-state index < -0.39 is 10.0 Å². The van der Waals surface area contributed by atoms with Gasteiger partial charge in [-0.1, -0.05) is 35.9 Å². The van der Waals surface area contributed by atoms with Crippen molar-refractivity contribution in [2.45, 2.75) is 18.6 Å². The first-order valence-corrected chi connectivity index (χ1v) is 13.2. The first kappa shape index (κ1) is 23.9. The average Bonchev–Trinajstić information content (AvgIpc) is 2.85. The molecule has 7 nitrogen and oxygen atoms in total. The monoisotopic (exact) mass is 491 g/mol. The molecule has 0 saturated carbocycles. The summed E-state index contributed by atoms with van der Waals surface area (Å²) in [7, 11) is -1.84. The number of anilines is 1. The van der Waals surface area contributed by atoms with E-state index in [1.165, 1.54) is 4.31 Å². The Bertz CT molecular complexity index is 1070. The number of para-hydroxylation sites is 2. The average molecular weight is 492 g/mol. The van der Waals surface area contributed by atoms with Crippen molar-refractivity contribution in [3.8, 4) is 5.75 Å². The van der Waals surface area contributed by atoms with Crippen LogP contribution >= 0.6 is 11.6 Å². The van der Waals surface area contributed by atoms with Gasteiger partial charge in [-0.15, -0.1) is 0 Å². The number of rotatable bonds is 6. The van der Waals surface area contributed by atoms with Crippen molar-refractivity contribution in [2.24, 2.45) is 5.92 Å². The second-order valence-corrected chi connectivity index (χ2v) is 11.0. The number of hydrogen-bond acceptors (Lipinski definition) is 5. The van der Waals surface area contributed by atoms with Crippen LogP contribution in [0.5, 0.6) is 5.75 Å². The van der Waals surface area contributed by atoms with E-state index in [0.717, 1.165) is 30.9 Å². The van der Waals surface area contributed by atoms with Gasteiger partial charge < -0.3 is 14.5 Å². The van der Waals surface area contributed by atoms with Gasteiger partial charge in [-0.3, -0.25) is 4.79 Å². The molecule has 2 aliphatic rings. The number of amides is 1. The van der Waals surface area contributed by atoms with Gasteiger partial charge >= 0.3 is 0 Å². The van der Waals surface area contributed by atoms with Crippen LogP contribution in [0, 0.1) is 5.92 Å². The second kappa shape index (κ2) is 10.3. The van der Waals surface area contributed by atoms with Gasteiger partial charge in [-0.05, 0) is 42.7 Å². The van der Waals surface area contributed by atoms with E-state index in [0.29, 0.717) is 36.6 Å². The lowest BCUT2D eigenvalue weighted by molar-refractivity contribution is -0.137. The summed E-state index contributed by atoms with van der Waals surface area (Å²) >= 11 is 5.91. The van der Waals surface area contributed by atoms with Crippen molar-refractivity contribution in [3.63, 3.8) is 0 Å². The van der Waals surface area contributed by atoms with Crippen molar-refractivity contribution >= 4 is 33.2 Å². The number of carbonyl (C=O) groups excluding carboxylic acids is 1. The molecule has 0 N–H and O–H groups in total. The smallest absolute Gasteiger partial charge is 0.227 e. The topological polar surface area (TPSA) is 70.2 Å². The van der Waals surface area contributed by atoms with E-state index in [4.69, 9.17) is 16.3 Å². The van der Waals surface area contributed by atoms with Gasteiger partial charge in [0.2, 0.25) is 15.9 Å². The predicted molar refractivity (Wildman–Crippen MR) is 130 cm³/mol. The Balaban J connectivity index is 1.35. The predicted octanol–water partition coefficient (Wildman–Crippen LogP) is 3.24. The summed E-state index contributed by atoms with van der Waals surface area (Å²) in [5, 5.41) is 0.575. The third-order valence-corrected chi connectivity index (χ3v) is 8.47. The SMILES string of the molecule is COc1ccccc1N1CCN(C(=O)C2CCCN(S(=O)(=O)Cc3ccc(Cl)cc3)C2)CC1. The van der Waals surface area contributed by atoms with Gasteiger partial charge in [0.15, 0.2) is 0 Å². The first-order chi connectivity index (χ1) is 15.9. The van der Waals surface area contributed by atoms with Crippen LogP contribution in [0.3, 0.4) is 0 Å². The van der Waals surface area contributed by atoms with Crippen LogP contribution in [0.2, 0.25) is 5.02 Å². The highest BCUT2D eigenvalue weighted by atomic mass is 35.5. The van der Waals surface area contributed by atoms with Crippen LogP contribution in [-0.4, -0.2) is 69.9 Å². The van der Waals surface area contributed by atoms with Gasteiger partial charge in [0.25, 0.3) is 0 Å². The van der Waals surface area contributed by atoms with Crippen LogP contribution in [0.1, 0.15) is 18.4 Å². The van der Waals surface area contributed by atoms with Crippen LogP contribution in [0.15, 0.2) is 48.5 Å². The van der Waals surface area contributed by atoms with E-state index in [1.807, 2.05) is 29.2 Å². The fourth-order valence-electron chi connectivity index (χ4n) is 4.60. The van der Waals surface area contributed by atoms with Gasteiger partial charge in [0.1, 0.15) is 5.75 Å². The number of methoxy groups -OCH3 is 1. The molecule has 1 unspecified atom stereocenters. The second-order valence-electron chi connectivity index (χ2n) is 8.56. The summed E-state index contributed by atoms with van der Waals surface area (Å²) in [5.41, 5.74) is 1.73. The fraction of sp³-hybridized carbons (Fsp3) is 0.458. The largest absolute Gasteiger partial charge is 0.495 e. The number of carbonyl (C=O) groups is 1. The Hall–Kier alpha value is -2.29. The lowest BCUT2D eigenvalue weighted by atomic mass is 9.97. The molecule has 2 fully saturated rings. The fourth-order valence-corrected chi connectivity index (χ4v) is 6.33. The molecule has 2 aromatic carbocycles. The Morgan fingerprint density at radius 2 is 1.73 bits per heavy atom. The highest BCUT2D eigenvalue weighted by Crippen LogP contribution is 2.29. The first-order valence-electron chi connectivity index (χ1n) is 11.3. The van der Waals surface area contributed by atoms with Crippen LogP contribution < -0.4 is 9.64 Å². The zero-order valence-electron chi connectivity index (χ0n) is 18.8. The molecule has 4 rings (SSSR count). The van der Waals surface area contributed by atoms with Crippen molar-refractivity contribution in [1.29, 1.82) is 0 Å². The lowest BCUT2D eigenvalue weighted by Crippen LogP contribution is -2.53. The molecule has 2 saturated heterocycles. The molecule has 0 bridgehead atoms. The third-order valence-electron chi connectivity index (χ3n) is 6.41. The number of piperidine rings is 1. The molecule has 9 heteroatoms. The molecule has 0 aliphatic carbocycles. The van der Waals surface area contributed by atoms with Crippen molar-refractivity contribution < 1.29 is 17.9 Å². The molecule has 0 spiro atoms. The number of sulfonamides is 1. The molecular formula is C24H30ClN3O4S. The maximum absolute atomic E-state index is 13.2. The Morgan fingerprint density at radius 3 is 2.42 bits per heavy atom. The molecule has 2 heterocycles. The van der Waals surface area contributed by atoms with E-state index in [1.54, 1.807) is 31.4 Å². The number of ether oxygens (including phenoxy) is 1. The maximum Gasteiger partial charge on any atom is 0.227 e. The summed E-state index contributed by atoms with van der Waals surface area (Å²) in [6.07, 6.45) is 1.41. The van der Waals surface area contributed by atoms with Crippen LogP contribution in [0.25, 0.3) is 0 Å².